The number of anilines is 2. The lowest BCUT2D eigenvalue weighted by molar-refractivity contribution is 1.56. The zero-order valence-corrected chi connectivity index (χ0v) is 20.2. The third-order valence-electron chi connectivity index (χ3n) is 7.73. The molecule has 0 atom stereocenters. The van der Waals surface area contributed by atoms with Crippen LogP contribution in [0.15, 0.2) is 133 Å². The third kappa shape index (κ3) is 3.11. The minimum absolute atomic E-state index is 1.10. The van der Waals surface area contributed by atoms with Crippen molar-refractivity contribution in [1.29, 1.82) is 0 Å². The van der Waals surface area contributed by atoms with Crippen LogP contribution in [0.3, 0.4) is 0 Å². The van der Waals surface area contributed by atoms with Crippen molar-refractivity contribution in [3.8, 4) is 11.1 Å². The van der Waals surface area contributed by atoms with Crippen molar-refractivity contribution >= 4 is 65.2 Å². The first kappa shape index (κ1) is 20.3. The molecule has 0 amide bonds. The van der Waals surface area contributed by atoms with E-state index in [9.17, 15) is 0 Å². The number of hydrogen-bond acceptors (Lipinski definition) is 1. The maximum absolute atomic E-state index is 3.79. The van der Waals surface area contributed by atoms with Crippen LogP contribution >= 0.6 is 0 Å². The molecule has 0 aliphatic rings. The maximum Gasteiger partial charge on any atom is 0.0464 e. The lowest BCUT2D eigenvalue weighted by Crippen LogP contribution is -1.95. The highest BCUT2D eigenvalue weighted by molar-refractivity contribution is 6.23. The fourth-order valence-corrected chi connectivity index (χ4v) is 6.09. The van der Waals surface area contributed by atoms with Crippen LogP contribution in [0.2, 0.25) is 0 Å². The van der Waals surface area contributed by atoms with Gasteiger partial charge in [0, 0.05) is 16.9 Å². The van der Waals surface area contributed by atoms with Crippen molar-refractivity contribution in [3.63, 3.8) is 0 Å². The number of para-hydroxylation sites is 1. The quantitative estimate of drug-likeness (QED) is 0.254. The van der Waals surface area contributed by atoms with Gasteiger partial charge in [-0.3, -0.25) is 0 Å². The van der Waals surface area contributed by atoms with Gasteiger partial charge in [-0.25, -0.2) is 0 Å². The summed E-state index contributed by atoms with van der Waals surface area (Å²) >= 11 is 0. The van der Waals surface area contributed by atoms with Gasteiger partial charge < -0.3 is 5.32 Å². The molecule has 1 nitrogen and oxygen atoms in total. The predicted octanol–water partition coefficient (Wildman–Crippen LogP) is 10.3. The summed E-state index contributed by atoms with van der Waals surface area (Å²) in [5, 5.41) is 16.7. The van der Waals surface area contributed by atoms with E-state index >= 15 is 0 Å². The molecule has 172 valence electrons. The number of hydrogen-bond donors (Lipinski definition) is 1. The molecule has 0 fully saturated rings. The smallest absolute Gasteiger partial charge is 0.0464 e. The molecule has 0 spiro atoms. The molecule has 0 bridgehead atoms. The van der Waals surface area contributed by atoms with Crippen molar-refractivity contribution in [2.75, 3.05) is 5.32 Å². The van der Waals surface area contributed by atoms with Crippen LogP contribution in [0.25, 0.3) is 65.0 Å². The zero-order chi connectivity index (χ0) is 24.3. The molecule has 0 aliphatic carbocycles. The first-order valence-electron chi connectivity index (χ1n) is 12.8. The van der Waals surface area contributed by atoms with Gasteiger partial charge >= 0.3 is 0 Å². The van der Waals surface area contributed by atoms with Crippen molar-refractivity contribution in [1.82, 2.24) is 0 Å². The summed E-state index contributed by atoms with van der Waals surface area (Å²) in [6.45, 7) is 0. The van der Waals surface area contributed by atoms with Crippen molar-refractivity contribution in [3.05, 3.63) is 133 Å². The monoisotopic (exact) mass is 469 g/mol. The Kier molecular flexibility index (Phi) is 4.29. The molecule has 0 saturated carbocycles. The molecular formula is C36H23N. The fraction of sp³-hybridized carbons (Fsp3) is 0. The Morgan fingerprint density at radius 3 is 1.70 bits per heavy atom. The fourth-order valence-electron chi connectivity index (χ4n) is 6.09. The first-order valence-corrected chi connectivity index (χ1v) is 12.8. The topological polar surface area (TPSA) is 12.0 Å². The van der Waals surface area contributed by atoms with Crippen LogP contribution in [0.1, 0.15) is 0 Å². The maximum atomic E-state index is 3.79. The van der Waals surface area contributed by atoms with Crippen LogP contribution in [0.4, 0.5) is 11.4 Å². The van der Waals surface area contributed by atoms with E-state index in [1.54, 1.807) is 0 Å². The molecule has 8 rings (SSSR count). The summed E-state index contributed by atoms with van der Waals surface area (Å²) in [7, 11) is 0. The van der Waals surface area contributed by atoms with E-state index in [-0.39, 0.29) is 0 Å². The van der Waals surface area contributed by atoms with Crippen molar-refractivity contribution in [2.24, 2.45) is 0 Å². The van der Waals surface area contributed by atoms with E-state index in [0.717, 1.165) is 11.4 Å². The van der Waals surface area contributed by atoms with Gasteiger partial charge in [0.2, 0.25) is 0 Å². The van der Waals surface area contributed by atoms with Gasteiger partial charge in [0.25, 0.3) is 0 Å². The average Bonchev–Trinajstić information content (AvgIpc) is 2.96. The Morgan fingerprint density at radius 1 is 0.351 bits per heavy atom. The van der Waals surface area contributed by atoms with Gasteiger partial charge in [-0.15, -0.1) is 0 Å². The number of benzene rings is 8. The standard InChI is InChI=1S/C36H23N/c1-2-11-29-25(8-1)22-33(31-13-4-3-12-30(29)31)32-14-5-6-15-34(32)37-28-20-26-18-16-23-9-7-10-24-17-19-27(21-28)36(26)35(23)24/h1-22,37H. The summed E-state index contributed by atoms with van der Waals surface area (Å²) < 4.78 is 0. The molecule has 8 aromatic rings. The molecule has 0 saturated heterocycles. The molecule has 0 aromatic heterocycles. The van der Waals surface area contributed by atoms with Crippen LogP contribution in [0.5, 0.6) is 0 Å². The average molecular weight is 470 g/mol. The summed E-state index contributed by atoms with van der Waals surface area (Å²) in [4.78, 5) is 0. The molecule has 37 heavy (non-hydrogen) atoms. The Morgan fingerprint density at radius 2 is 0.919 bits per heavy atom. The van der Waals surface area contributed by atoms with E-state index in [0.29, 0.717) is 0 Å². The van der Waals surface area contributed by atoms with E-state index in [1.807, 2.05) is 0 Å². The summed E-state index contributed by atoms with van der Waals surface area (Å²) in [5.41, 5.74) is 4.66. The van der Waals surface area contributed by atoms with Crippen molar-refractivity contribution in [2.45, 2.75) is 0 Å². The highest BCUT2D eigenvalue weighted by Gasteiger charge is 2.13. The van der Waals surface area contributed by atoms with Gasteiger partial charge in [0.05, 0.1) is 0 Å². The van der Waals surface area contributed by atoms with Crippen LogP contribution in [-0.4, -0.2) is 0 Å². The predicted molar refractivity (Wildman–Crippen MR) is 160 cm³/mol. The van der Waals surface area contributed by atoms with Gasteiger partial charge in [0.15, 0.2) is 0 Å². The van der Waals surface area contributed by atoms with Crippen molar-refractivity contribution < 1.29 is 0 Å². The Bertz CT molecular complexity index is 2050. The number of nitrogens with one attached hydrogen (secondary N) is 1. The second-order valence-electron chi connectivity index (χ2n) is 9.87. The molecular weight excluding hydrogens is 446 g/mol. The molecule has 0 aliphatic heterocycles. The molecule has 0 radical (unpaired) electrons. The van der Waals surface area contributed by atoms with E-state index in [4.69, 9.17) is 0 Å². The summed E-state index contributed by atoms with van der Waals surface area (Å²) in [6.07, 6.45) is 0. The Hall–Kier alpha value is -4.88. The normalized spacial score (nSPS) is 11.8. The molecule has 0 unspecified atom stereocenters. The second-order valence-corrected chi connectivity index (χ2v) is 9.87. The lowest BCUT2D eigenvalue weighted by Gasteiger charge is -2.17. The number of rotatable bonds is 3. The summed E-state index contributed by atoms with van der Waals surface area (Å²) in [6, 6.07) is 48.5. The SMILES string of the molecule is c1ccc(-c2cc3ccccc3c3ccccc23)c(Nc2cc3ccc4cccc5ccc(c2)c3c45)c1. The highest BCUT2D eigenvalue weighted by Crippen LogP contribution is 2.40. The number of fused-ring (bicyclic) bond motifs is 3. The second kappa shape index (κ2) is 7.81. The van der Waals surface area contributed by atoms with Gasteiger partial charge in [-0.05, 0) is 83.7 Å². The van der Waals surface area contributed by atoms with Gasteiger partial charge in [-0.2, -0.15) is 0 Å². The van der Waals surface area contributed by atoms with Crippen LogP contribution < -0.4 is 5.32 Å². The van der Waals surface area contributed by atoms with E-state index in [2.05, 4.69) is 139 Å². The Balaban J connectivity index is 1.32. The van der Waals surface area contributed by atoms with Crippen LogP contribution in [0, 0.1) is 0 Å². The van der Waals surface area contributed by atoms with E-state index < -0.39 is 0 Å². The molecule has 1 N–H and O–H groups in total. The molecule has 0 heterocycles. The molecule has 1 heteroatoms. The van der Waals surface area contributed by atoms with Gasteiger partial charge in [-0.1, -0.05) is 109 Å². The highest BCUT2D eigenvalue weighted by atomic mass is 14.9. The minimum Gasteiger partial charge on any atom is -0.355 e. The minimum atomic E-state index is 1.10. The van der Waals surface area contributed by atoms with Gasteiger partial charge in [0.1, 0.15) is 0 Å². The largest absolute Gasteiger partial charge is 0.355 e. The van der Waals surface area contributed by atoms with E-state index in [1.165, 1.54) is 65.0 Å². The lowest BCUT2D eigenvalue weighted by atomic mass is 9.92. The molecule has 8 aromatic carbocycles. The summed E-state index contributed by atoms with van der Waals surface area (Å²) in [5.74, 6) is 0. The Labute approximate surface area is 214 Å². The first-order chi connectivity index (χ1) is 18.3. The van der Waals surface area contributed by atoms with Crippen LogP contribution in [-0.2, 0) is 0 Å². The third-order valence-corrected chi connectivity index (χ3v) is 7.73. The zero-order valence-electron chi connectivity index (χ0n) is 20.2.